The fourth-order valence-corrected chi connectivity index (χ4v) is 0.583. The molecular formula is C16H32O4Zr. The first-order valence-electron chi connectivity index (χ1n) is 6.82. The number of aliphatic hydroxyl groups is 4. The maximum atomic E-state index is 8.54. The molecule has 0 amide bonds. The van der Waals surface area contributed by atoms with Crippen molar-refractivity contribution in [1.29, 1.82) is 0 Å². The summed E-state index contributed by atoms with van der Waals surface area (Å²) >= 11 is 0. The second-order valence-corrected chi connectivity index (χ2v) is 4.92. The molecule has 124 valence electrons. The average molecular weight is 380 g/mol. The quantitative estimate of drug-likeness (QED) is 0.604. The summed E-state index contributed by atoms with van der Waals surface area (Å²) in [4.78, 5) is 0. The van der Waals surface area contributed by atoms with Gasteiger partial charge in [0, 0.05) is 44.5 Å². The van der Waals surface area contributed by atoms with Gasteiger partial charge in [0.1, 0.15) is 0 Å². The van der Waals surface area contributed by atoms with Gasteiger partial charge < -0.3 is 20.4 Å². The predicted octanol–water partition coefficient (Wildman–Crippen LogP) is 2.34. The molecule has 0 aromatic heterocycles. The smallest absolute Gasteiger partial charge is 0.0681 e. The normalized spacial score (nSPS) is 8.62. The Balaban J connectivity index is -0.0000000973. The van der Waals surface area contributed by atoms with Crippen molar-refractivity contribution < 1.29 is 46.6 Å². The van der Waals surface area contributed by atoms with E-state index in [0.717, 1.165) is 5.56 Å². The van der Waals surface area contributed by atoms with E-state index in [0.29, 0.717) is 0 Å². The van der Waals surface area contributed by atoms with E-state index in [-0.39, 0.29) is 51.1 Å². The first kappa shape index (κ1) is 29.0. The second kappa shape index (κ2) is 22.2. The Bertz CT molecular complexity index is 242. The summed E-state index contributed by atoms with van der Waals surface area (Å²) in [6, 6.07) is 9.52. The summed E-state index contributed by atoms with van der Waals surface area (Å²) in [5.41, 5.74) is 0.965. The summed E-state index contributed by atoms with van der Waals surface area (Å²) in [7, 11) is 0. The van der Waals surface area contributed by atoms with Crippen LogP contribution in [0.5, 0.6) is 0 Å². The molecular weight excluding hydrogens is 347 g/mol. The van der Waals surface area contributed by atoms with Gasteiger partial charge in [0.2, 0.25) is 0 Å². The molecule has 0 fully saturated rings. The number of benzene rings is 1. The molecule has 4 N–H and O–H groups in total. The zero-order valence-corrected chi connectivity index (χ0v) is 16.6. The summed E-state index contributed by atoms with van der Waals surface area (Å²) in [6.07, 6.45) is -0.500. The van der Waals surface area contributed by atoms with Gasteiger partial charge in [0.25, 0.3) is 0 Å². The molecule has 1 rings (SSSR count). The fraction of sp³-hybridized carbons (Fsp3) is 0.625. The molecule has 0 heterocycles. The molecule has 0 spiro atoms. The van der Waals surface area contributed by atoms with Crippen molar-refractivity contribution in [2.45, 2.75) is 66.5 Å². The number of rotatable bonds is 1. The van der Waals surface area contributed by atoms with E-state index in [1.807, 2.05) is 30.3 Å². The number of aliphatic hydroxyl groups excluding tert-OH is 4. The van der Waals surface area contributed by atoms with Crippen LogP contribution in [0.25, 0.3) is 0 Å². The standard InChI is InChI=1S/C7H8O.3C3H8O.Zr/c8-6-7-4-2-1-3-5-7;3*1-3(2)4;/h1-5,8H,6H2;3*3-4H,1-2H3;. The Hall–Kier alpha value is -0.0569. The Labute approximate surface area is 149 Å². The van der Waals surface area contributed by atoms with Crippen LogP contribution in [0.15, 0.2) is 30.3 Å². The third-order valence-corrected chi connectivity index (χ3v) is 1.03. The molecule has 1 aromatic carbocycles. The Kier molecular flexibility index (Phi) is 30.7. The average Bonchev–Trinajstić information content (AvgIpc) is 2.28. The van der Waals surface area contributed by atoms with E-state index in [1.54, 1.807) is 41.5 Å². The molecule has 5 heteroatoms. The molecule has 0 saturated heterocycles. The van der Waals surface area contributed by atoms with Crippen LogP contribution in [-0.4, -0.2) is 38.7 Å². The molecule has 0 atom stereocenters. The largest absolute Gasteiger partial charge is 0.394 e. The molecule has 0 saturated carbocycles. The van der Waals surface area contributed by atoms with Crippen molar-refractivity contribution in [1.82, 2.24) is 0 Å². The summed E-state index contributed by atoms with van der Waals surface area (Å²) < 4.78 is 0. The minimum Gasteiger partial charge on any atom is -0.394 e. The van der Waals surface area contributed by atoms with Gasteiger partial charge in [-0.05, 0) is 47.1 Å². The first-order chi connectivity index (χ1) is 9.13. The summed E-state index contributed by atoms with van der Waals surface area (Å²) in [5, 5.41) is 32.7. The molecule has 1 aromatic rings. The Morgan fingerprint density at radius 3 is 1.10 bits per heavy atom. The van der Waals surface area contributed by atoms with E-state index >= 15 is 0 Å². The topological polar surface area (TPSA) is 80.9 Å². The van der Waals surface area contributed by atoms with Crippen LogP contribution in [0.1, 0.15) is 47.1 Å². The maximum absolute atomic E-state index is 8.54. The van der Waals surface area contributed by atoms with Crippen LogP contribution < -0.4 is 0 Å². The van der Waals surface area contributed by atoms with Crippen LogP contribution in [-0.2, 0) is 32.8 Å². The maximum Gasteiger partial charge on any atom is 0.0681 e. The van der Waals surface area contributed by atoms with Gasteiger partial charge in [0.15, 0.2) is 0 Å². The van der Waals surface area contributed by atoms with Crippen LogP contribution >= 0.6 is 0 Å². The van der Waals surface area contributed by atoms with Crippen LogP contribution in [0.2, 0.25) is 0 Å². The van der Waals surface area contributed by atoms with Gasteiger partial charge in [0.05, 0.1) is 6.61 Å². The molecule has 0 aliphatic carbocycles. The van der Waals surface area contributed by atoms with E-state index < -0.39 is 0 Å². The van der Waals surface area contributed by atoms with Gasteiger partial charge in [-0.2, -0.15) is 0 Å². The van der Waals surface area contributed by atoms with Crippen molar-refractivity contribution in [3.05, 3.63) is 35.9 Å². The van der Waals surface area contributed by atoms with Crippen molar-refractivity contribution in [2.75, 3.05) is 0 Å². The minimum absolute atomic E-state index is 0. The van der Waals surface area contributed by atoms with Crippen LogP contribution in [0.3, 0.4) is 0 Å². The first-order valence-corrected chi connectivity index (χ1v) is 6.82. The van der Waals surface area contributed by atoms with Crippen LogP contribution in [0, 0.1) is 0 Å². The fourth-order valence-electron chi connectivity index (χ4n) is 0.583. The molecule has 21 heavy (non-hydrogen) atoms. The minimum atomic E-state index is -0.167. The zero-order chi connectivity index (χ0) is 16.6. The summed E-state index contributed by atoms with van der Waals surface area (Å²) in [6.45, 7) is 10.5. The molecule has 0 bridgehead atoms. The van der Waals surface area contributed by atoms with Crippen molar-refractivity contribution in [3.63, 3.8) is 0 Å². The predicted molar refractivity (Wildman–Crippen MR) is 84.4 cm³/mol. The molecule has 0 unspecified atom stereocenters. The molecule has 4 nitrogen and oxygen atoms in total. The molecule has 0 aliphatic rings. The van der Waals surface area contributed by atoms with Gasteiger partial charge in [-0.25, -0.2) is 0 Å². The van der Waals surface area contributed by atoms with E-state index in [2.05, 4.69) is 0 Å². The van der Waals surface area contributed by atoms with E-state index in [4.69, 9.17) is 20.4 Å². The van der Waals surface area contributed by atoms with Crippen molar-refractivity contribution in [3.8, 4) is 0 Å². The van der Waals surface area contributed by atoms with Gasteiger partial charge in [-0.3, -0.25) is 0 Å². The zero-order valence-electron chi connectivity index (χ0n) is 14.1. The Morgan fingerprint density at radius 1 is 0.714 bits per heavy atom. The van der Waals surface area contributed by atoms with Gasteiger partial charge >= 0.3 is 0 Å². The van der Waals surface area contributed by atoms with Gasteiger partial charge in [-0.15, -0.1) is 0 Å². The molecule has 0 radical (unpaired) electrons. The number of hydrogen-bond acceptors (Lipinski definition) is 4. The van der Waals surface area contributed by atoms with E-state index in [1.165, 1.54) is 0 Å². The monoisotopic (exact) mass is 378 g/mol. The second-order valence-electron chi connectivity index (χ2n) is 4.92. The summed E-state index contributed by atoms with van der Waals surface area (Å²) in [5.74, 6) is 0. The molecule has 0 aliphatic heterocycles. The van der Waals surface area contributed by atoms with Gasteiger partial charge in [-0.1, -0.05) is 30.3 Å². The third kappa shape index (κ3) is 64.9. The van der Waals surface area contributed by atoms with Crippen molar-refractivity contribution >= 4 is 0 Å². The number of hydrogen-bond donors (Lipinski definition) is 4. The van der Waals surface area contributed by atoms with Crippen LogP contribution in [0.4, 0.5) is 0 Å². The van der Waals surface area contributed by atoms with E-state index in [9.17, 15) is 0 Å². The SMILES string of the molecule is CC(C)O.CC(C)O.CC(C)O.OCc1ccccc1.[Zr]. The third-order valence-electron chi connectivity index (χ3n) is 1.03. The Morgan fingerprint density at radius 2 is 0.952 bits per heavy atom. The van der Waals surface area contributed by atoms with Crippen molar-refractivity contribution in [2.24, 2.45) is 0 Å².